The van der Waals surface area contributed by atoms with Crippen LogP contribution in [0.5, 0.6) is 0 Å². The molecule has 0 aliphatic carbocycles. The number of hydrogen-bond acceptors (Lipinski definition) is 4. The molecule has 1 N–H and O–H groups in total. The molecule has 7 heteroatoms. The Hall–Kier alpha value is -2.85. The number of nitrogens with one attached hydrogen (secondary N) is 1. The zero-order valence-electron chi connectivity index (χ0n) is 13.3. The molecule has 0 fully saturated rings. The number of fused-ring (bicyclic) bond motifs is 1. The van der Waals surface area contributed by atoms with E-state index in [0.29, 0.717) is 22.3 Å². The first-order valence-electron chi connectivity index (χ1n) is 7.41. The van der Waals surface area contributed by atoms with E-state index in [-0.39, 0.29) is 10.9 Å². The second-order valence-electron chi connectivity index (χ2n) is 5.66. The lowest BCUT2D eigenvalue weighted by molar-refractivity contribution is 0.596. The summed E-state index contributed by atoms with van der Waals surface area (Å²) in [5.41, 5.74) is 1.51. The van der Waals surface area contributed by atoms with Gasteiger partial charge in [0.25, 0.3) is 10.0 Å². The summed E-state index contributed by atoms with van der Waals surface area (Å²) in [4.78, 5) is 4.48. The topological polar surface area (TPSA) is 87.8 Å². The number of aromatic nitrogens is 2. The van der Waals surface area contributed by atoms with Gasteiger partial charge in [0.2, 0.25) is 0 Å². The van der Waals surface area contributed by atoms with Crippen molar-refractivity contribution in [3.63, 3.8) is 0 Å². The Labute approximate surface area is 140 Å². The Kier molecular flexibility index (Phi) is 3.99. The Balaban J connectivity index is 2.06. The normalized spacial score (nSPS) is 11.6. The number of benzene rings is 1. The second-order valence-corrected chi connectivity index (χ2v) is 7.31. The highest BCUT2D eigenvalue weighted by molar-refractivity contribution is 7.93. The largest absolute Gasteiger partial charge is 0.329 e. The van der Waals surface area contributed by atoms with E-state index in [4.69, 9.17) is 5.26 Å². The van der Waals surface area contributed by atoms with Gasteiger partial charge in [-0.2, -0.15) is 5.26 Å². The first-order chi connectivity index (χ1) is 11.4. The van der Waals surface area contributed by atoms with Gasteiger partial charge >= 0.3 is 0 Å². The zero-order valence-corrected chi connectivity index (χ0v) is 14.1. The van der Waals surface area contributed by atoms with E-state index in [1.807, 2.05) is 24.5 Å². The molecule has 0 spiro atoms. The van der Waals surface area contributed by atoms with Crippen molar-refractivity contribution in [3.05, 3.63) is 54.4 Å². The van der Waals surface area contributed by atoms with Gasteiger partial charge in [0.05, 0.1) is 11.6 Å². The van der Waals surface area contributed by atoms with Gasteiger partial charge in [-0.05, 0) is 50.2 Å². The molecule has 0 amide bonds. The maximum atomic E-state index is 12.8. The smallest absolute Gasteiger partial charge is 0.264 e. The fraction of sp³-hybridized carbons (Fsp3) is 0.176. The number of hydrogen-bond donors (Lipinski definition) is 1. The van der Waals surface area contributed by atoms with Gasteiger partial charge in [-0.3, -0.25) is 4.72 Å². The molecule has 0 unspecified atom stereocenters. The van der Waals surface area contributed by atoms with E-state index >= 15 is 0 Å². The van der Waals surface area contributed by atoms with E-state index in [2.05, 4.69) is 9.71 Å². The van der Waals surface area contributed by atoms with Gasteiger partial charge in [0, 0.05) is 29.5 Å². The molecule has 0 saturated heterocycles. The van der Waals surface area contributed by atoms with Crippen LogP contribution in [0.2, 0.25) is 0 Å². The minimum atomic E-state index is -3.77. The number of nitriles is 1. The van der Waals surface area contributed by atoms with Crippen LogP contribution in [0.25, 0.3) is 11.0 Å². The van der Waals surface area contributed by atoms with E-state index in [1.54, 1.807) is 48.8 Å². The number of sulfonamides is 1. The predicted molar refractivity (Wildman–Crippen MR) is 92.1 cm³/mol. The van der Waals surface area contributed by atoms with Crippen molar-refractivity contribution in [1.29, 1.82) is 5.26 Å². The molecule has 2 aromatic heterocycles. The molecule has 0 saturated carbocycles. The third-order valence-corrected chi connectivity index (χ3v) is 5.07. The lowest BCUT2D eigenvalue weighted by atomic mass is 10.2. The minimum Gasteiger partial charge on any atom is -0.329 e. The van der Waals surface area contributed by atoms with E-state index in [1.165, 1.54) is 0 Å². The van der Waals surface area contributed by atoms with Crippen LogP contribution < -0.4 is 4.72 Å². The van der Waals surface area contributed by atoms with Crippen LogP contribution in [0.3, 0.4) is 0 Å². The Bertz CT molecular complexity index is 1030. The Morgan fingerprint density at radius 1 is 1.21 bits per heavy atom. The molecule has 3 rings (SSSR count). The molecule has 122 valence electrons. The molecule has 0 aliphatic heterocycles. The molecule has 2 heterocycles. The SMILES string of the molecule is CC(C)n1cc(S(=O)(=O)Nc2ccc(C#N)cc2)c2cccnc21. The van der Waals surface area contributed by atoms with Crippen LogP contribution in [0.4, 0.5) is 5.69 Å². The standard InChI is InChI=1S/C17H16N4O2S/c1-12(2)21-11-16(15-4-3-9-19-17(15)21)24(22,23)20-14-7-5-13(10-18)6-8-14/h3-9,11-12,20H,1-2H3. The summed E-state index contributed by atoms with van der Waals surface area (Å²) < 4.78 is 30.0. The quantitative estimate of drug-likeness (QED) is 0.789. The number of nitrogens with zero attached hydrogens (tertiary/aromatic N) is 3. The fourth-order valence-corrected chi connectivity index (χ4v) is 3.74. The fourth-order valence-electron chi connectivity index (χ4n) is 2.48. The highest BCUT2D eigenvalue weighted by Crippen LogP contribution is 2.28. The van der Waals surface area contributed by atoms with Crippen molar-refractivity contribution in [1.82, 2.24) is 9.55 Å². The Morgan fingerprint density at radius 3 is 2.54 bits per heavy atom. The maximum Gasteiger partial charge on any atom is 0.264 e. The molecule has 6 nitrogen and oxygen atoms in total. The summed E-state index contributed by atoms with van der Waals surface area (Å²) in [6.07, 6.45) is 3.25. The average molecular weight is 340 g/mol. The summed E-state index contributed by atoms with van der Waals surface area (Å²) in [5, 5.41) is 9.39. The summed E-state index contributed by atoms with van der Waals surface area (Å²) in [7, 11) is -3.77. The highest BCUT2D eigenvalue weighted by atomic mass is 32.2. The molecule has 3 aromatic rings. The first-order valence-corrected chi connectivity index (χ1v) is 8.89. The van der Waals surface area contributed by atoms with Crippen LogP contribution >= 0.6 is 0 Å². The van der Waals surface area contributed by atoms with Gasteiger partial charge in [-0.1, -0.05) is 0 Å². The molecule has 0 bridgehead atoms. The average Bonchev–Trinajstić information content (AvgIpc) is 2.96. The van der Waals surface area contributed by atoms with E-state index < -0.39 is 10.0 Å². The zero-order chi connectivity index (χ0) is 17.3. The van der Waals surface area contributed by atoms with Gasteiger partial charge in [-0.15, -0.1) is 0 Å². The van der Waals surface area contributed by atoms with Crippen LogP contribution in [0.15, 0.2) is 53.7 Å². The monoisotopic (exact) mass is 340 g/mol. The van der Waals surface area contributed by atoms with Crippen molar-refractivity contribution < 1.29 is 8.42 Å². The third-order valence-electron chi connectivity index (χ3n) is 3.67. The van der Waals surface area contributed by atoms with Crippen molar-refractivity contribution >= 4 is 26.7 Å². The summed E-state index contributed by atoms with van der Waals surface area (Å²) >= 11 is 0. The summed E-state index contributed by atoms with van der Waals surface area (Å²) in [6, 6.07) is 11.8. The molecule has 0 radical (unpaired) electrons. The highest BCUT2D eigenvalue weighted by Gasteiger charge is 2.22. The molecule has 0 aliphatic rings. The minimum absolute atomic E-state index is 0.0845. The first kappa shape index (κ1) is 16.0. The second kappa shape index (κ2) is 5.98. The van der Waals surface area contributed by atoms with Crippen molar-refractivity contribution in [3.8, 4) is 6.07 Å². The van der Waals surface area contributed by atoms with E-state index in [9.17, 15) is 8.42 Å². The molecule has 24 heavy (non-hydrogen) atoms. The molecule has 0 atom stereocenters. The van der Waals surface area contributed by atoms with Gasteiger partial charge in [0.15, 0.2) is 0 Å². The van der Waals surface area contributed by atoms with Crippen LogP contribution in [0, 0.1) is 11.3 Å². The van der Waals surface area contributed by atoms with Crippen molar-refractivity contribution in [2.75, 3.05) is 4.72 Å². The Morgan fingerprint density at radius 2 is 1.92 bits per heavy atom. The van der Waals surface area contributed by atoms with Gasteiger partial charge < -0.3 is 4.57 Å². The number of anilines is 1. The summed E-state index contributed by atoms with van der Waals surface area (Å²) in [6.45, 7) is 3.94. The van der Waals surface area contributed by atoms with Crippen LogP contribution in [0.1, 0.15) is 25.5 Å². The van der Waals surface area contributed by atoms with Crippen LogP contribution in [-0.2, 0) is 10.0 Å². The van der Waals surface area contributed by atoms with Gasteiger partial charge in [-0.25, -0.2) is 13.4 Å². The number of pyridine rings is 1. The van der Waals surface area contributed by atoms with Crippen molar-refractivity contribution in [2.45, 2.75) is 24.8 Å². The molecular formula is C17H16N4O2S. The summed E-state index contributed by atoms with van der Waals surface area (Å²) in [5.74, 6) is 0. The molecule has 1 aromatic carbocycles. The third kappa shape index (κ3) is 2.84. The predicted octanol–water partition coefficient (Wildman–Crippen LogP) is 3.29. The lowest BCUT2D eigenvalue weighted by Crippen LogP contribution is -2.12. The maximum absolute atomic E-state index is 12.8. The van der Waals surface area contributed by atoms with Gasteiger partial charge in [0.1, 0.15) is 10.5 Å². The lowest BCUT2D eigenvalue weighted by Gasteiger charge is -2.08. The number of rotatable bonds is 4. The van der Waals surface area contributed by atoms with Crippen LogP contribution in [-0.4, -0.2) is 18.0 Å². The molecular weight excluding hydrogens is 324 g/mol. The van der Waals surface area contributed by atoms with E-state index in [0.717, 1.165) is 0 Å². The van der Waals surface area contributed by atoms with Crippen molar-refractivity contribution in [2.24, 2.45) is 0 Å².